The van der Waals surface area contributed by atoms with Gasteiger partial charge in [0.1, 0.15) is 0 Å². The molecule has 1 aliphatic carbocycles. The van der Waals surface area contributed by atoms with Gasteiger partial charge in [-0.2, -0.15) is 4.98 Å². The summed E-state index contributed by atoms with van der Waals surface area (Å²) >= 11 is 1.70. The van der Waals surface area contributed by atoms with Crippen LogP contribution < -0.4 is 9.47 Å². The number of benzene rings is 2. The van der Waals surface area contributed by atoms with Gasteiger partial charge in [0.15, 0.2) is 17.3 Å². The molecule has 6 heteroatoms. The van der Waals surface area contributed by atoms with Crippen LogP contribution in [0.3, 0.4) is 0 Å². The first kappa shape index (κ1) is 15.4. The number of rotatable bonds is 4. The Morgan fingerprint density at radius 2 is 2.00 bits per heavy atom. The fourth-order valence-corrected chi connectivity index (χ4v) is 4.54. The molecule has 1 aliphatic rings. The van der Waals surface area contributed by atoms with Gasteiger partial charge in [-0.3, -0.25) is 0 Å². The van der Waals surface area contributed by atoms with Crippen LogP contribution in [-0.4, -0.2) is 28.3 Å². The molecular formula is C20H17N3O2S. The molecule has 2 aromatic carbocycles. The first-order valence-corrected chi connectivity index (χ1v) is 9.38. The number of methoxy groups -OCH3 is 1. The third-order valence-corrected chi connectivity index (χ3v) is 5.63. The van der Waals surface area contributed by atoms with Crippen molar-refractivity contribution in [2.24, 2.45) is 0 Å². The maximum absolute atomic E-state index is 5.76. The van der Waals surface area contributed by atoms with E-state index in [4.69, 9.17) is 19.6 Å². The molecule has 0 spiro atoms. The number of fused-ring (bicyclic) bond motifs is 5. The van der Waals surface area contributed by atoms with Crippen LogP contribution in [-0.2, 0) is 6.42 Å². The molecule has 0 atom stereocenters. The minimum Gasteiger partial charge on any atom is -0.493 e. The van der Waals surface area contributed by atoms with Crippen molar-refractivity contribution < 1.29 is 9.47 Å². The SMILES string of the molecule is CCOc1cc2c(cc1OC)Cc1sc3nc(-c4ccccc4)nn3c1-2. The summed E-state index contributed by atoms with van der Waals surface area (Å²) in [6.07, 6.45) is 0.879. The molecule has 0 radical (unpaired) electrons. The van der Waals surface area contributed by atoms with E-state index < -0.39 is 0 Å². The quantitative estimate of drug-likeness (QED) is 0.474. The largest absolute Gasteiger partial charge is 0.493 e. The van der Waals surface area contributed by atoms with Crippen molar-refractivity contribution in [3.8, 4) is 34.1 Å². The molecule has 0 unspecified atom stereocenters. The van der Waals surface area contributed by atoms with Gasteiger partial charge in [0.2, 0.25) is 4.96 Å². The summed E-state index contributed by atoms with van der Waals surface area (Å²) in [6.45, 7) is 2.58. The van der Waals surface area contributed by atoms with Gasteiger partial charge in [-0.25, -0.2) is 4.52 Å². The van der Waals surface area contributed by atoms with E-state index in [2.05, 4.69) is 12.1 Å². The van der Waals surface area contributed by atoms with E-state index in [0.717, 1.165) is 45.5 Å². The lowest BCUT2D eigenvalue weighted by Gasteiger charge is -2.11. The normalized spacial score (nSPS) is 12.2. The summed E-state index contributed by atoms with van der Waals surface area (Å²) in [7, 11) is 1.68. The van der Waals surface area contributed by atoms with E-state index in [0.29, 0.717) is 6.61 Å². The number of ether oxygens (including phenoxy) is 2. The van der Waals surface area contributed by atoms with E-state index in [1.54, 1.807) is 18.4 Å². The fourth-order valence-electron chi connectivity index (χ4n) is 3.45. The second-order valence-corrected chi connectivity index (χ2v) is 7.20. The molecule has 5 nitrogen and oxygen atoms in total. The van der Waals surface area contributed by atoms with Gasteiger partial charge in [-0.1, -0.05) is 41.7 Å². The van der Waals surface area contributed by atoms with Crippen molar-refractivity contribution >= 4 is 16.3 Å². The predicted molar refractivity (Wildman–Crippen MR) is 102 cm³/mol. The van der Waals surface area contributed by atoms with Crippen LogP contribution in [0.25, 0.3) is 27.6 Å². The van der Waals surface area contributed by atoms with Crippen LogP contribution in [0.5, 0.6) is 11.5 Å². The Morgan fingerprint density at radius 3 is 2.77 bits per heavy atom. The monoisotopic (exact) mass is 363 g/mol. The molecule has 130 valence electrons. The first-order valence-electron chi connectivity index (χ1n) is 8.56. The Kier molecular flexibility index (Phi) is 3.46. The molecule has 2 heterocycles. The topological polar surface area (TPSA) is 48.7 Å². The van der Waals surface area contributed by atoms with Crippen LogP contribution in [0.4, 0.5) is 0 Å². The molecule has 0 amide bonds. The zero-order valence-corrected chi connectivity index (χ0v) is 15.3. The maximum Gasteiger partial charge on any atom is 0.213 e. The lowest BCUT2D eigenvalue weighted by Crippen LogP contribution is -1.97. The number of hydrogen-bond donors (Lipinski definition) is 0. The summed E-state index contributed by atoms with van der Waals surface area (Å²) < 4.78 is 13.2. The fraction of sp³-hybridized carbons (Fsp3) is 0.200. The number of hydrogen-bond acceptors (Lipinski definition) is 5. The second-order valence-electron chi connectivity index (χ2n) is 6.14. The molecule has 0 saturated heterocycles. The average molecular weight is 363 g/mol. The smallest absolute Gasteiger partial charge is 0.213 e. The van der Waals surface area contributed by atoms with Gasteiger partial charge >= 0.3 is 0 Å². The van der Waals surface area contributed by atoms with Crippen LogP contribution in [0.2, 0.25) is 0 Å². The Morgan fingerprint density at radius 1 is 1.15 bits per heavy atom. The van der Waals surface area contributed by atoms with Crippen LogP contribution in [0.1, 0.15) is 17.4 Å². The molecule has 0 aliphatic heterocycles. The molecular weight excluding hydrogens is 346 g/mol. The Hall–Kier alpha value is -2.86. The summed E-state index contributed by atoms with van der Waals surface area (Å²) in [5.41, 5.74) is 4.55. The average Bonchev–Trinajstić information content (AvgIpc) is 3.30. The molecule has 4 aromatic rings. The molecule has 26 heavy (non-hydrogen) atoms. The van der Waals surface area contributed by atoms with Gasteiger partial charge < -0.3 is 9.47 Å². The molecule has 2 aromatic heterocycles. The minimum absolute atomic E-state index is 0.600. The molecule has 0 saturated carbocycles. The van der Waals surface area contributed by atoms with Crippen LogP contribution in [0, 0.1) is 0 Å². The van der Waals surface area contributed by atoms with E-state index in [1.165, 1.54) is 10.4 Å². The van der Waals surface area contributed by atoms with Crippen molar-refractivity contribution in [2.45, 2.75) is 13.3 Å². The zero-order chi connectivity index (χ0) is 17.7. The maximum atomic E-state index is 5.76. The third-order valence-electron chi connectivity index (χ3n) is 4.60. The lowest BCUT2D eigenvalue weighted by atomic mass is 10.1. The number of thiazole rings is 1. The van der Waals surface area contributed by atoms with Crippen LogP contribution >= 0.6 is 11.3 Å². The van der Waals surface area contributed by atoms with Gasteiger partial charge in [0.25, 0.3) is 0 Å². The van der Waals surface area contributed by atoms with Gasteiger partial charge in [0, 0.05) is 22.4 Å². The van der Waals surface area contributed by atoms with Gasteiger partial charge in [-0.15, -0.1) is 5.10 Å². The van der Waals surface area contributed by atoms with Gasteiger partial charge in [-0.05, 0) is 24.6 Å². The van der Waals surface area contributed by atoms with Crippen molar-refractivity contribution in [1.82, 2.24) is 14.6 Å². The molecule has 0 bridgehead atoms. The summed E-state index contributed by atoms with van der Waals surface area (Å²) in [6, 6.07) is 14.2. The Bertz CT molecular complexity index is 1120. The minimum atomic E-state index is 0.600. The second kappa shape index (κ2) is 5.85. The first-order chi connectivity index (χ1) is 12.8. The summed E-state index contributed by atoms with van der Waals surface area (Å²) in [5.74, 6) is 2.30. The number of aromatic nitrogens is 3. The molecule has 0 N–H and O–H groups in total. The van der Waals surface area contributed by atoms with Crippen molar-refractivity contribution in [1.29, 1.82) is 0 Å². The van der Waals surface area contributed by atoms with Crippen molar-refractivity contribution in [2.75, 3.05) is 13.7 Å². The highest BCUT2D eigenvalue weighted by atomic mass is 32.1. The highest BCUT2D eigenvalue weighted by Crippen LogP contribution is 2.45. The Balaban J connectivity index is 1.67. The van der Waals surface area contributed by atoms with Gasteiger partial charge in [0.05, 0.1) is 19.4 Å². The van der Waals surface area contributed by atoms with E-state index >= 15 is 0 Å². The highest BCUT2D eigenvalue weighted by molar-refractivity contribution is 7.17. The Labute approximate surface area is 154 Å². The van der Waals surface area contributed by atoms with Crippen molar-refractivity contribution in [3.05, 3.63) is 52.9 Å². The highest BCUT2D eigenvalue weighted by Gasteiger charge is 2.28. The van der Waals surface area contributed by atoms with E-state index in [9.17, 15) is 0 Å². The lowest BCUT2D eigenvalue weighted by molar-refractivity contribution is 0.311. The summed E-state index contributed by atoms with van der Waals surface area (Å²) in [4.78, 5) is 6.93. The standard InChI is InChI=1S/C20H17N3O2S/c1-3-25-16-11-14-13(9-15(16)24-2)10-17-18(14)23-20(26-17)21-19(22-23)12-7-5-4-6-8-12/h4-9,11H,3,10H2,1-2H3. The zero-order valence-electron chi connectivity index (χ0n) is 14.5. The van der Waals surface area contributed by atoms with Crippen molar-refractivity contribution in [3.63, 3.8) is 0 Å². The third kappa shape index (κ3) is 2.22. The summed E-state index contributed by atoms with van der Waals surface area (Å²) in [5, 5.41) is 4.78. The number of nitrogens with zero attached hydrogens (tertiary/aromatic N) is 3. The molecule has 0 fully saturated rings. The van der Waals surface area contributed by atoms with Crippen LogP contribution in [0.15, 0.2) is 42.5 Å². The van der Waals surface area contributed by atoms with E-state index in [1.807, 2.05) is 41.8 Å². The molecule has 5 rings (SSSR count). The van der Waals surface area contributed by atoms with E-state index in [-0.39, 0.29) is 0 Å². The predicted octanol–water partition coefficient (Wildman–Crippen LogP) is 4.44.